The molecule has 1 aliphatic rings. The molecule has 0 unspecified atom stereocenters. The van der Waals surface area contributed by atoms with Crippen LogP contribution in [0.25, 0.3) is 44.2 Å². The lowest BCUT2D eigenvalue weighted by Crippen LogP contribution is -2.27. The second-order valence-electron chi connectivity index (χ2n) is 9.52. The highest BCUT2D eigenvalue weighted by molar-refractivity contribution is 6.05. The van der Waals surface area contributed by atoms with Crippen molar-refractivity contribution in [3.63, 3.8) is 0 Å². The summed E-state index contributed by atoms with van der Waals surface area (Å²) < 4.78 is 0. The first-order chi connectivity index (χ1) is 18.3. The van der Waals surface area contributed by atoms with Gasteiger partial charge in [-0.25, -0.2) is 9.97 Å². The second kappa shape index (κ2) is 11.4. The fourth-order valence-corrected chi connectivity index (χ4v) is 5.08. The van der Waals surface area contributed by atoms with Gasteiger partial charge in [0, 0.05) is 5.39 Å². The highest BCUT2D eigenvalue weighted by Gasteiger charge is 2.19. The second-order valence-corrected chi connectivity index (χ2v) is 9.52. The molecule has 0 aliphatic carbocycles. The standard InChI is InChI=1S/C29H32N6.C2H2/c1-2-14-30-18-27-32-17-26(33-27)20-8-6-19(7-9-20)21-10-12-23-22(16-21)11-13-24-28(23)35-29(34-24)25-5-3-4-15-31-25;1-2/h6-13,16-17,25,30-31H,2-5,14-15,18H2,1H3,(H,32,33)(H,34,35);1-2H/t25-;/m0./s1. The van der Waals surface area contributed by atoms with Crippen molar-refractivity contribution >= 4 is 21.8 Å². The SMILES string of the molecule is C#C.CCCNCc1ncc(-c2ccc(-c3ccc4c(ccc5[nH]c([C@@H]6CCCCN6)nc54)c3)cc2)[nH]1. The number of nitrogens with one attached hydrogen (secondary N) is 4. The number of aromatic amines is 2. The third-order valence-corrected chi connectivity index (χ3v) is 7.00. The van der Waals surface area contributed by atoms with E-state index in [1.54, 1.807) is 0 Å². The average molecular weight is 491 g/mol. The van der Waals surface area contributed by atoms with Gasteiger partial charge >= 0.3 is 0 Å². The fraction of sp³-hybridized carbons (Fsp3) is 0.290. The molecule has 2 aromatic heterocycles. The molecule has 1 atom stereocenters. The summed E-state index contributed by atoms with van der Waals surface area (Å²) in [6, 6.07) is 20.1. The van der Waals surface area contributed by atoms with Crippen LogP contribution in [-0.2, 0) is 6.54 Å². The van der Waals surface area contributed by atoms with Gasteiger partial charge in [0.1, 0.15) is 11.6 Å². The van der Waals surface area contributed by atoms with Crippen LogP contribution in [0.1, 0.15) is 50.3 Å². The number of rotatable bonds is 7. The van der Waals surface area contributed by atoms with Gasteiger partial charge in [-0.3, -0.25) is 0 Å². The van der Waals surface area contributed by atoms with E-state index in [1.165, 1.54) is 34.7 Å². The summed E-state index contributed by atoms with van der Waals surface area (Å²) >= 11 is 0. The van der Waals surface area contributed by atoms with Gasteiger partial charge in [-0.15, -0.1) is 12.8 Å². The van der Waals surface area contributed by atoms with E-state index in [9.17, 15) is 0 Å². The van der Waals surface area contributed by atoms with Crippen LogP contribution in [0, 0.1) is 12.8 Å². The smallest absolute Gasteiger partial charge is 0.124 e. The summed E-state index contributed by atoms with van der Waals surface area (Å²) in [6.07, 6.45) is 14.7. The van der Waals surface area contributed by atoms with Crippen molar-refractivity contribution in [2.45, 2.75) is 45.2 Å². The van der Waals surface area contributed by atoms with Gasteiger partial charge in [0.25, 0.3) is 0 Å². The van der Waals surface area contributed by atoms with Gasteiger partial charge in [0.2, 0.25) is 0 Å². The molecule has 0 spiro atoms. The van der Waals surface area contributed by atoms with Crippen LogP contribution in [0.4, 0.5) is 0 Å². The molecular formula is C31H34N6. The van der Waals surface area contributed by atoms with Gasteiger partial charge in [-0.2, -0.15) is 0 Å². The Hall–Kier alpha value is -3.92. The summed E-state index contributed by atoms with van der Waals surface area (Å²) in [5.41, 5.74) is 6.78. The van der Waals surface area contributed by atoms with Crippen molar-refractivity contribution < 1.29 is 0 Å². The quantitative estimate of drug-likeness (QED) is 0.159. The van der Waals surface area contributed by atoms with E-state index >= 15 is 0 Å². The molecule has 0 saturated carbocycles. The van der Waals surface area contributed by atoms with Crippen LogP contribution in [0.2, 0.25) is 0 Å². The molecule has 5 aromatic rings. The van der Waals surface area contributed by atoms with Gasteiger partial charge in [-0.1, -0.05) is 55.8 Å². The van der Waals surface area contributed by atoms with Gasteiger partial charge in [-0.05, 0) is 66.6 Å². The number of aromatic nitrogens is 4. The Labute approximate surface area is 218 Å². The normalized spacial score (nSPS) is 15.5. The topological polar surface area (TPSA) is 81.4 Å². The maximum absolute atomic E-state index is 5.01. The first-order valence-corrected chi connectivity index (χ1v) is 13.1. The number of fused-ring (bicyclic) bond motifs is 3. The molecule has 1 fully saturated rings. The summed E-state index contributed by atoms with van der Waals surface area (Å²) in [5, 5.41) is 9.40. The number of hydrogen-bond acceptors (Lipinski definition) is 4. The molecule has 1 aliphatic heterocycles. The van der Waals surface area contributed by atoms with Crippen molar-refractivity contribution in [2.24, 2.45) is 0 Å². The van der Waals surface area contributed by atoms with E-state index < -0.39 is 0 Å². The van der Waals surface area contributed by atoms with Crippen LogP contribution >= 0.6 is 0 Å². The monoisotopic (exact) mass is 490 g/mol. The van der Waals surface area contributed by atoms with Crippen LogP contribution in [0.15, 0.2) is 60.8 Å². The van der Waals surface area contributed by atoms with E-state index in [4.69, 9.17) is 4.98 Å². The highest BCUT2D eigenvalue weighted by atomic mass is 15.0. The summed E-state index contributed by atoms with van der Waals surface area (Å²) in [7, 11) is 0. The van der Waals surface area contributed by atoms with E-state index in [2.05, 4.69) is 100.0 Å². The number of nitrogens with zero attached hydrogens (tertiary/aromatic N) is 2. The summed E-state index contributed by atoms with van der Waals surface area (Å²) in [4.78, 5) is 16.5. The molecule has 6 rings (SSSR count). The first kappa shape index (κ1) is 24.8. The summed E-state index contributed by atoms with van der Waals surface area (Å²) in [5.74, 6) is 2.04. The maximum atomic E-state index is 5.01. The Morgan fingerprint density at radius 1 is 0.946 bits per heavy atom. The van der Waals surface area contributed by atoms with E-state index in [0.717, 1.165) is 66.4 Å². The van der Waals surface area contributed by atoms with Crippen molar-refractivity contribution in [3.8, 4) is 35.2 Å². The molecule has 37 heavy (non-hydrogen) atoms. The number of hydrogen-bond donors (Lipinski definition) is 4. The fourth-order valence-electron chi connectivity index (χ4n) is 5.08. The van der Waals surface area contributed by atoms with Crippen molar-refractivity contribution in [1.29, 1.82) is 0 Å². The molecule has 1 saturated heterocycles. The van der Waals surface area contributed by atoms with E-state index in [0.29, 0.717) is 6.04 Å². The van der Waals surface area contributed by atoms with Crippen LogP contribution in [-0.4, -0.2) is 33.0 Å². The van der Waals surface area contributed by atoms with Crippen LogP contribution < -0.4 is 10.6 Å². The minimum atomic E-state index is 0.336. The first-order valence-electron chi connectivity index (χ1n) is 13.1. The van der Waals surface area contributed by atoms with E-state index in [1.807, 2.05) is 6.20 Å². The van der Waals surface area contributed by atoms with Crippen molar-refractivity contribution in [3.05, 3.63) is 72.4 Å². The lowest BCUT2D eigenvalue weighted by Gasteiger charge is -2.21. The van der Waals surface area contributed by atoms with Gasteiger partial charge in [0.05, 0.1) is 35.5 Å². The Morgan fingerprint density at radius 3 is 2.54 bits per heavy atom. The third kappa shape index (κ3) is 5.29. The minimum absolute atomic E-state index is 0.336. The van der Waals surface area contributed by atoms with Crippen LogP contribution in [0.3, 0.4) is 0 Å². The molecule has 0 radical (unpaired) electrons. The van der Waals surface area contributed by atoms with Crippen molar-refractivity contribution in [1.82, 2.24) is 30.6 Å². The van der Waals surface area contributed by atoms with Gasteiger partial charge < -0.3 is 20.6 Å². The average Bonchev–Trinajstić information content (AvgIpc) is 3.62. The number of piperidine rings is 1. The van der Waals surface area contributed by atoms with Crippen LogP contribution in [0.5, 0.6) is 0 Å². The molecule has 0 amide bonds. The Bertz CT molecular complexity index is 1490. The Morgan fingerprint density at radius 2 is 1.76 bits per heavy atom. The molecule has 4 N–H and O–H groups in total. The maximum Gasteiger partial charge on any atom is 0.124 e. The number of H-pyrrole nitrogens is 2. The largest absolute Gasteiger partial charge is 0.341 e. The zero-order chi connectivity index (χ0) is 25.6. The predicted octanol–water partition coefficient (Wildman–Crippen LogP) is 6.34. The number of benzene rings is 3. The molecule has 6 nitrogen and oxygen atoms in total. The molecular weight excluding hydrogens is 456 g/mol. The molecule has 6 heteroatoms. The lowest BCUT2D eigenvalue weighted by molar-refractivity contribution is 0.400. The molecule has 3 heterocycles. The zero-order valence-electron chi connectivity index (χ0n) is 21.3. The minimum Gasteiger partial charge on any atom is -0.341 e. The zero-order valence-corrected chi connectivity index (χ0v) is 21.3. The number of terminal acetylenes is 1. The van der Waals surface area contributed by atoms with Crippen molar-refractivity contribution in [2.75, 3.05) is 13.1 Å². The predicted molar refractivity (Wildman–Crippen MR) is 153 cm³/mol. The Balaban J connectivity index is 0.00000137. The molecule has 188 valence electrons. The Kier molecular flexibility index (Phi) is 7.65. The number of imidazole rings is 2. The van der Waals surface area contributed by atoms with E-state index in [-0.39, 0.29) is 0 Å². The molecule has 0 bridgehead atoms. The van der Waals surface area contributed by atoms with Gasteiger partial charge in [0.15, 0.2) is 0 Å². The highest BCUT2D eigenvalue weighted by Crippen LogP contribution is 2.31. The summed E-state index contributed by atoms with van der Waals surface area (Å²) in [6.45, 7) is 5.01. The lowest BCUT2D eigenvalue weighted by atomic mass is 9.99. The third-order valence-electron chi connectivity index (χ3n) is 7.00. The molecule has 3 aromatic carbocycles.